The highest BCUT2D eigenvalue weighted by atomic mass is 16.6. The van der Waals surface area contributed by atoms with Crippen molar-refractivity contribution in [3.05, 3.63) is 29.3 Å². The molecular weight excluding hydrogens is 200 g/mol. The molecule has 1 heterocycles. The Morgan fingerprint density at radius 1 is 1.38 bits per heavy atom. The van der Waals surface area contributed by atoms with Crippen LogP contribution in [0.2, 0.25) is 0 Å². The van der Waals surface area contributed by atoms with Gasteiger partial charge in [-0.25, -0.2) is 5.90 Å². The third-order valence-electron chi connectivity index (χ3n) is 3.47. The molecule has 0 saturated carbocycles. The highest BCUT2D eigenvalue weighted by Crippen LogP contribution is 2.25. The van der Waals surface area contributed by atoms with Crippen LogP contribution in [0.1, 0.15) is 17.5 Å². The molecule has 1 fully saturated rings. The first kappa shape index (κ1) is 11.4. The Bertz CT molecular complexity index is 365. The number of benzene rings is 1. The van der Waals surface area contributed by atoms with Crippen LogP contribution in [0.3, 0.4) is 0 Å². The van der Waals surface area contributed by atoms with Crippen molar-refractivity contribution in [2.45, 2.75) is 20.3 Å². The predicted molar refractivity (Wildman–Crippen MR) is 66.4 cm³/mol. The molecule has 1 unspecified atom stereocenters. The number of nitrogens with zero attached hydrogens (tertiary/aromatic N) is 1. The lowest BCUT2D eigenvalue weighted by molar-refractivity contribution is 0.108. The lowest BCUT2D eigenvalue weighted by Gasteiger charge is -2.19. The van der Waals surface area contributed by atoms with E-state index >= 15 is 0 Å². The van der Waals surface area contributed by atoms with E-state index < -0.39 is 0 Å². The van der Waals surface area contributed by atoms with Crippen LogP contribution in [0.15, 0.2) is 18.2 Å². The van der Waals surface area contributed by atoms with Crippen molar-refractivity contribution in [1.29, 1.82) is 0 Å². The molecule has 1 aliphatic heterocycles. The van der Waals surface area contributed by atoms with Gasteiger partial charge in [-0.05, 0) is 43.5 Å². The van der Waals surface area contributed by atoms with Crippen molar-refractivity contribution in [3.8, 4) is 0 Å². The van der Waals surface area contributed by atoms with E-state index in [-0.39, 0.29) is 0 Å². The average molecular weight is 220 g/mol. The number of hydrogen-bond acceptors (Lipinski definition) is 3. The van der Waals surface area contributed by atoms with Crippen LogP contribution in [0, 0.1) is 19.8 Å². The molecule has 2 N–H and O–H groups in total. The SMILES string of the molecule is Cc1ccc(N2CCC(CON)C2)cc1C. The lowest BCUT2D eigenvalue weighted by atomic mass is 10.1. The van der Waals surface area contributed by atoms with Crippen LogP contribution in [-0.4, -0.2) is 19.7 Å². The fourth-order valence-electron chi connectivity index (χ4n) is 2.26. The van der Waals surface area contributed by atoms with Crippen molar-refractivity contribution in [2.75, 3.05) is 24.6 Å². The van der Waals surface area contributed by atoms with Crippen molar-refractivity contribution in [3.63, 3.8) is 0 Å². The monoisotopic (exact) mass is 220 g/mol. The Hall–Kier alpha value is -1.06. The highest BCUT2D eigenvalue weighted by molar-refractivity contribution is 5.51. The van der Waals surface area contributed by atoms with E-state index in [1.165, 1.54) is 23.2 Å². The molecule has 0 bridgehead atoms. The van der Waals surface area contributed by atoms with Gasteiger partial charge in [-0.1, -0.05) is 6.07 Å². The first-order valence-corrected chi connectivity index (χ1v) is 5.84. The molecule has 2 rings (SSSR count). The summed E-state index contributed by atoms with van der Waals surface area (Å²) in [4.78, 5) is 7.14. The summed E-state index contributed by atoms with van der Waals surface area (Å²) in [5, 5.41) is 0. The van der Waals surface area contributed by atoms with Gasteiger partial charge in [-0.15, -0.1) is 0 Å². The molecule has 16 heavy (non-hydrogen) atoms. The van der Waals surface area contributed by atoms with Crippen molar-refractivity contribution < 1.29 is 4.84 Å². The summed E-state index contributed by atoms with van der Waals surface area (Å²) in [6.45, 7) is 7.14. The fourth-order valence-corrected chi connectivity index (χ4v) is 2.26. The molecule has 88 valence electrons. The van der Waals surface area contributed by atoms with E-state index in [4.69, 9.17) is 10.7 Å². The van der Waals surface area contributed by atoms with Gasteiger partial charge in [-0.2, -0.15) is 0 Å². The maximum Gasteiger partial charge on any atom is 0.0724 e. The standard InChI is InChI=1S/C13H20N2O/c1-10-3-4-13(7-11(10)2)15-6-5-12(8-15)9-16-14/h3-4,7,12H,5-6,8-9,14H2,1-2H3. The normalized spacial score (nSPS) is 20.4. The highest BCUT2D eigenvalue weighted by Gasteiger charge is 2.22. The number of aryl methyl sites for hydroxylation is 2. The van der Waals surface area contributed by atoms with Crippen molar-refractivity contribution >= 4 is 5.69 Å². The molecule has 0 amide bonds. The van der Waals surface area contributed by atoms with Gasteiger partial charge in [0, 0.05) is 24.7 Å². The molecule has 1 saturated heterocycles. The zero-order chi connectivity index (χ0) is 11.5. The quantitative estimate of drug-likeness (QED) is 0.792. The molecule has 0 aliphatic carbocycles. The van der Waals surface area contributed by atoms with E-state index in [1.807, 2.05) is 0 Å². The van der Waals surface area contributed by atoms with Gasteiger partial charge < -0.3 is 9.74 Å². The number of nitrogens with two attached hydrogens (primary N) is 1. The molecular formula is C13H20N2O. The summed E-state index contributed by atoms with van der Waals surface area (Å²) < 4.78 is 0. The van der Waals surface area contributed by atoms with E-state index in [0.717, 1.165) is 13.1 Å². The molecule has 0 radical (unpaired) electrons. The molecule has 3 heteroatoms. The first-order chi connectivity index (χ1) is 7.70. The summed E-state index contributed by atoms with van der Waals surface area (Å²) in [5.41, 5.74) is 4.03. The fraction of sp³-hybridized carbons (Fsp3) is 0.538. The second-order valence-electron chi connectivity index (χ2n) is 4.70. The molecule has 0 spiro atoms. The van der Waals surface area contributed by atoms with Crippen LogP contribution >= 0.6 is 0 Å². The molecule has 3 nitrogen and oxygen atoms in total. The van der Waals surface area contributed by atoms with Crippen molar-refractivity contribution in [1.82, 2.24) is 0 Å². The predicted octanol–water partition coefficient (Wildman–Crippen LogP) is 2.02. The molecule has 1 aliphatic rings. The average Bonchev–Trinajstić information content (AvgIpc) is 2.71. The Balaban J connectivity index is 2.05. The smallest absolute Gasteiger partial charge is 0.0724 e. The molecule has 1 aromatic carbocycles. The number of rotatable bonds is 3. The minimum Gasteiger partial charge on any atom is -0.371 e. The Kier molecular flexibility index (Phi) is 3.46. The van der Waals surface area contributed by atoms with Crippen LogP contribution in [-0.2, 0) is 4.84 Å². The topological polar surface area (TPSA) is 38.5 Å². The second-order valence-corrected chi connectivity index (χ2v) is 4.70. The third kappa shape index (κ3) is 2.36. The van der Waals surface area contributed by atoms with Gasteiger partial charge >= 0.3 is 0 Å². The van der Waals surface area contributed by atoms with Gasteiger partial charge in [0.05, 0.1) is 6.61 Å². The summed E-state index contributed by atoms with van der Waals surface area (Å²) in [6, 6.07) is 6.66. The van der Waals surface area contributed by atoms with Gasteiger partial charge in [0.2, 0.25) is 0 Å². The number of anilines is 1. The van der Waals surface area contributed by atoms with E-state index in [1.54, 1.807) is 0 Å². The van der Waals surface area contributed by atoms with E-state index in [2.05, 4.69) is 36.9 Å². The largest absolute Gasteiger partial charge is 0.371 e. The van der Waals surface area contributed by atoms with Crippen LogP contribution < -0.4 is 10.8 Å². The summed E-state index contributed by atoms with van der Waals surface area (Å²) in [5.74, 6) is 5.69. The second kappa shape index (κ2) is 4.85. The molecule has 1 atom stereocenters. The Morgan fingerprint density at radius 2 is 2.19 bits per heavy atom. The van der Waals surface area contributed by atoms with Gasteiger partial charge in [-0.3, -0.25) is 0 Å². The minimum absolute atomic E-state index is 0.576. The van der Waals surface area contributed by atoms with E-state index in [9.17, 15) is 0 Å². The van der Waals surface area contributed by atoms with E-state index in [0.29, 0.717) is 12.5 Å². The molecule has 1 aromatic rings. The summed E-state index contributed by atoms with van der Waals surface area (Å²) in [7, 11) is 0. The van der Waals surface area contributed by atoms with Crippen LogP contribution in [0.5, 0.6) is 0 Å². The van der Waals surface area contributed by atoms with Crippen LogP contribution in [0.4, 0.5) is 5.69 Å². The first-order valence-electron chi connectivity index (χ1n) is 5.84. The van der Waals surface area contributed by atoms with Gasteiger partial charge in [0.1, 0.15) is 0 Å². The Labute approximate surface area is 97.1 Å². The molecule has 0 aromatic heterocycles. The van der Waals surface area contributed by atoms with Gasteiger partial charge in [0.25, 0.3) is 0 Å². The zero-order valence-electron chi connectivity index (χ0n) is 10.1. The third-order valence-corrected chi connectivity index (χ3v) is 3.47. The maximum atomic E-state index is 5.12. The zero-order valence-corrected chi connectivity index (χ0v) is 10.1. The van der Waals surface area contributed by atoms with Crippen LogP contribution in [0.25, 0.3) is 0 Å². The Morgan fingerprint density at radius 3 is 2.88 bits per heavy atom. The maximum absolute atomic E-state index is 5.12. The van der Waals surface area contributed by atoms with Crippen molar-refractivity contribution in [2.24, 2.45) is 11.8 Å². The summed E-state index contributed by atoms with van der Waals surface area (Å²) in [6.07, 6.45) is 1.17. The number of hydrogen-bond donors (Lipinski definition) is 1. The van der Waals surface area contributed by atoms with Gasteiger partial charge in [0.15, 0.2) is 0 Å². The lowest BCUT2D eigenvalue weighted by Crippen LogP contribution is -2.21. The minimum atomic E-state index is 0.576. The summed E-state index contributed by atoms with van der Waals surface area (Å²) >= 11 is 0.